The lowest BCUT2D eigenvalue weighted by Crippen LogP contribution is -2.22. The Hall–Kier alpha value is -1.92. The molecule has 15 heavy (non-hydrogen) atoms. The highest BCUT2D eigenvalue weighted by Gasteiger charge is 2.33. The maximum atomic E-state index is 13.1. The molecule has 0 amide bonds. The van der Waals surface area contributed by atoms with E-state index in [4.69, 9.17) is 5.11 Å². The number of hydrogen-bond donors (Lipinski definition) is 1. The first kappa shape index (κ1) is 9.63. The maximum absolute atomic E-state index is 13.1. The summed E-state index contributed by atoms with van der Waals surface area (Å²) in [6.45, 7) is -0.618. The lowest BCUT2D eigenvalue weighted by atomic mass is 10.1. The number of aromatic hydroxyl groups is 1. The van der Waals surface area contributed by atoms with E-state index >= 15 is 0 Å². The number of phenols is 1. The third-order valence-corrected chi connectivity index (χ3v) is 1.85. The van der Waals surface area contributed by atoms with Gasteiger partial charge in [0.1, 0.15) is 5.56 Å². The second kappa shape index (κ2) is 3.04. The second-order valence-electron chi connectivity index (χ2n) is 2.69. The van der Waals surface area contributed by atoms with E-state index in [1.54, 1.807) is 0 Å². The highest BCUT2D eigenvalue weighted by atomic mass is 19.2. The number of halogens is 3. The van der Waals surface area contributed by atoms with E-state index in [2.05, 4.69) is 9.47 Å². The number of carbonyl (C=O) groups is 1. The third kappa shape index (κ3) is 1.19. The van der Waals surface area contributed by atoms with Crippen molar-refractivity contribution in [2.24, 2.45) is 0 Å². The first-order valence-corrected chi connectivity index (χ1v) is 3.73. The van der Waals surface area contributed by atoms with Gasteiger partial charge in [-0.15, -0.1) is 0 Å². The van der Waals surface area contributed by atoms with Crippen LogP contribution in [-0.4, -0.2) is 17.9 Å². The lowest BCUT2D eigenvalue weighted by molar-refractivity contribution is 0.00183. The highest BCUT2D eigenvalue weighted by molar-refractivity contribution is 5.94. The third-order valence-electron chi connectivity index (χ3n) is 1.85. The summed E-state index contributed by atoms with van der Waals surface area (Å²) in [4.78, 5) is 11.0. The molecule has 0 saturated carbocycles. The van der Waals surface area contributed by atoms with Crippen LogP contribution in [0.25, 0.3) is 0 Å². The van der Waals surface area contributed by atoms with E-state index in [0.29, 0.717) is 0 Å². The minimum Gasteiger partial charge on any atom is -0.503 e. The number of esters is 1. The van der Waals surface area contributed by atoms with Crippen molar-refractivity contribution in [1.82, 2.24) is 0 Å². The molecule has 1 aliphatic heterocycles. The molecule has 0 fully saturated rings. The van der Waals surface area contributed by atoms with Gasteiger partial charge < -0.3 is 14.6 Å². The predicted octanol–water partition coefficient (Wildman–Crippen LogP) is 1.32. The molecule has 0 bridgehead atoms. The van der Waals surface area contributed by atoms with Gasteiger partial charge in [0.2, 0.25) is 18.4 Å². The molecule has 1 aromatic carbocycles. The maximum Gasteiger partial charge on any atom is 0.348 e. The molecule has 0 radical (unpaired) electrons. The standard InChI is InChI=1S/C8H3F3O4/c9-3-2-7(14-1-15-8(2)13)5(11)6(12)4(3)10/h12H,1H2. The first-order valence-electron chi connectivity index (χ1n) is 3.73. The van der Waals surface area contributed by atoms with Crippen molar-refractivity contribution in [3.63, 3.8) is 0 Å². The summed E-state index contributed by atoms with van der Waals surface area (Å²) < 4.78 is 47.7. The van der Waals surface area contributed by atoms with Crippen molar-refractivity contribution >= 4 is 5.97 Å². The molecule has 4 nitrogen and oxygen atoms in total. The van der Waals surface area contributed by atoms with Crippen LogP contribution in [0.15, 0.2) is 0 Å². The molecule has 80 valence electrons. The normalized spacial score (nSPS) is 14.2. The van der Waals surface area contributed by atoms with Gasteiger partial charge in [0.05, 0.1) is 0 Å². The minimum atomic E-state index is -1.85. The molecule has 1 heterocycles. The Morgan fingerprint density at radius 2 is 1.73 bits per heavy atom. The number of carbonyl (C=O) groups excluding carboxylic acids is 1. The molecule has 7 heteroatoms. The number of fused-ring (bicyclic) bond motifs is 1. The minimum absolute atomic E-state index is 0.618. The van der Waals surface area contributed by atoms with E-state index in [1.165, 1.54) is 0 Å². The van der Waals surface area contributed by atoms with Crippen LogP contribution in [0.5, 0.6) is 11.5 Å². The zero-order chi connectivity index (χ0) is 11.2. The van der Waals surface area contributed by atoms with Crippen LogP contribution < -0.4 is 4.74 Å². The summed E-state index contributed by atoms with van der Waals surface area (Å²) >= 11 is 0. The fourth-order valence-corrected chi connectivity index (χ4v) is 1.16. The molecule has 0 aromatic heterocycles. The van der Waals surface area contributed by atoms with Crippen LogP contribution in [0.2, 0.25) is 0 Å². The van der Waals surface area contributed by atoms with E-state index in [0.717, 1.165) is 0 Å². The Morgan fingerprint density at radius 3 is 2.40 bits per heavy atom. The van der Waals surface area contributed by atoms with E-state index in [-0.39, 0.29) is 0 Å². The van der Waals surface area contributed by atoms with Gasteiger partial charge in [0.25, 0.3) is 0 Å². The van der Waals surface area contributed by atoms with Crippen molar-refractivity contribution in [1.29, 1.82) is 0 Å². The molecule has 0 saturated heterocycles. The SMILES string of the molecule is O=C1OCOc2c(F)c(O)c(F)c(F)c21. The van der Waals surface area contributed by atoms with Crippen molar-refractivity contribution in [3.05, 3.63) is 23.0 Å². The Morgan fingerprint density at radius 1 is 1.07 bits per heavy atom. The smallest absolute Gasteiger partial charge is 0.348 e. The number of cyclic esters (lactones) is 1. The Bertz CT molecular complexity index is 458. The second-order valence-corrected chi connectivity index (χ2v) is 2.69. The van der Waals surface area contributed by atoms with E-state index in [9.17, 15) is 18.0 Å². The summed E-state index contributed by atoms with van der Waals surface area (Å²) in [5.74, 6) is -8.70. The first-order chi connectivity index (χ1) is 7.04. The van der Waals surface area contributed by atoms with Crippen molar-refractivity contribution in [2.75, 3.05) is 6.79 Å². The van der Waals surface area contributed by atoms with Crippen LogP contribution >= 0.6 is 0 Å². The number of benzene rings is 1. The molecule has 1 N–H and O–H groups in total. The number of hydrogen-bond acceptors (Lipinski definition) is 4. The van der Waals surface area contributed by atoms with Gasteiger partial charge in [-0.2, -0.15) is 8.78 Å². The fourth-order valence-electron chi connectivity index (χ4n) is 1.16. The Kier molecular flexibility index (Phi) is 1.95. The molecular weight excluding hydrogens is 217 g/mol. The summed E-state index contributed by atoms with van der Waals surface area (Å²) in [7, 11) is 0. The molecule has 0 unspecified atom stereocenters. The molecule has 2 rings (SSSR count). The monoisotopic (exact) mass is 220 g/mol. The number of rotatable bonds is 0. The largest absolute Gasteiger partial charge is 0.503 e. The van der Waals surface area contributed by atoms with Gasteiger partial charge in [-0.25, -0.2) is 9.18 Å². The summed E-state index contributed by atoms with van der Waals surface area (Å²) in [6.07, 6.45) is 0. The van der Waals surface area contributed by atoms with E-state index < -0.39 is 47.3 Å². The summed E-state index contributed by atoms with van der Waals surface area (Å²) in [6, 6.07) is 0. The van der Waals surface area contributed by atoms with Crippen LogP contribution in [0, 0.1) is 17.5 Å². The van der Waals surface area contributed by atoms with Crippen LogP contribution in [-0.2, 0) is 4.74 Å². The number of phenolic OH excluding ortho intramolecular Hbond substituents is 1. The van der Waals surface area contributed by atoms with Gasteiger partial charge in [0, 0.05) is 0 Å². The predicted molar refractivity (Wildman–Crippen MR) is 38.9 cm³/mol. The molecular formula is C8H3F3O4. The van der Waals surface area contributed by atoms with Crippen LogP contribution in [0.1, 0.15) is 10.4 Å². The summed E-state index contributed by atoms with van der Waals surface area (Å²) in [5.41, 5.74) is -0.992. The van der Waals surface area contributed by atoms with Gasteiger partial charge in [-0.1, -0.05) is 0 Å². The van der Waals surface area contributed by atoms with Gasteiger partial charge in [-0.05, 0) is 0 Å². The van der Waals surface area contributed by atoms with Crippen molar-refractivity contribution in [3.8, 4) is 11.5 Å². The quantitative estimate of drug-likeness (QED) is 0.529. The topological polar surface area (TPSA) is 55.8 Å². The lowest BCUT2D eigenvalue weighted by Gasteiger charge is -2.18. The van der Waals surface area contributed by atoms with Crippen molar-refractivity contribution < 1.29 is 32.5 Å². The average Bonchev–Trinajstić information content (AvgIpc) is 2.23. The molecule has 0 atom stereocenters. The van der Waals surface area contributed by atoms with Gasteiger partial charge in [-0.3, -0.25) is 0 Å². The average molecular weight is 220 g/mol. The van der Waals surface area contributed by atoms with Crippen molar-refractivity contribution in [2.45, 2.75) is 0 Å². The zero-order valence-electron chi connectivity index (χ0n) is 7.01. The molecule has 1 aromatic rings. The summed E-state index contributed by atoms with van der Waals surface area (Å²) in [5, 5.41) is 8.81. The van der Waals surface area contributed by atoms with Crippen LogP contribution in [0.4, 0.5) is 13.2 Å². The van der Waals surface area contributed by atoms with Gasteiger partial charge in [0.15, 0.2) is 17.3 Å². The van der Waals surface area contributed by atoms with E-state index in [1.807, 2.05) is 0 Å². The molecule has 0 aliphatic carbocycles. The zero-order valence-corrected chi connectivity index (χ0v) is 7.01. The highest BCUT2D eigenvalue weighted by Crippen LogP contribution is 2.37. The Labute approximate surface area is 80.8 Å². The van der Waals surface area contributed by atoms with Crippen LogP contribution in [0.3, 0.4) is 0 Å². The molecule has 1 aliphatic rings. The Balaban J connectivity index is 2.80. The number of ether oxygens (including phenoxy) is 2. The van der Waals surface area contributed by atoms with Gasteiger partial charge >= 0.3 is 5.97 Å². The fraction of sp³-hybridized carbons (Fsp3) is 0.125. The molecule has 0 spiro atoms.